The number of hydrogen-bond acceptors (Lipinski definition) is 4. The van der Waals surface area contributed by atoms with E-state index in [2.05, 4.69) is 15.3 Å². The molecule has 1 heterocycles. The number of aryl methyl sites for hydroxylation is 1. The molecule has 5 nitrogen and oxygen atoms in total. The maximum absolute atomic E-state index is 12.0. The molecule has 0 aliphatic heterocycles. The summed E-state index contributed by atoms with van der Waals surface area (Å²) in [5.41, 5.74) is 2.57. The van der Waals surface area contributed by atoms with Gasteiger partial charge in [-0.1, -0.05) is 41.6 Å². The van der Waals surface area contributed by atoms with Crippen LogP contribution in [0.15, 0.2) is 59.8 Å². The van der Waals surface area contributed by atoms with Gasteiger partial charge in [0.1, 0.15) is 11.6 Å². The number of nitrogens with one attached hydrogen (secondary N) is 2. The molecular formula is C18H17N3O2S. The second-order valence-electron chi connectivity index (χ2n) is 5.32. The van der Waals surface area contributed by atoms with Crippen LogP contribution >= 0.6 is 11.8 Å². The average molecular weight is 339 g/mol. The number of thioether (sulfide) groups is 1. The minimum absolute atomic E-state index is 0.0810. The van der Waals surface area contributed by atoms with Crippen molar-refractivity contribution in [3.8, 4) is 17.1 Å². The number of para-hydroxylation sites is 1. The van der Waals surface area contributed by atoms with Crippen molar-refractivity contribution in [2.24, 2.45) is 0 Å². The van der Waals surface area contributed by atoms with Crippen LogP contribution in [0.3, 0.4) is 0 Å². The number of aromatic nitrogens is 2. The zero-order valence-corrected chi connectivity index (χ0v) is 13.9. The molecule has 24 heavy (non-hydrogen) atoms. The molecule has 3 N–H and O–H groups in total. The second-order valence-corrected chi connectivity index (χ2v) is 6.33. The number of imidazole rings is 1. The summed E-state index contributed by atoms with van der Waals surface area (Å²) in [6, 6.07) is 14.7. The van der Waals surface area contributed by atoms with E-state index in [-0.39, 0.29) is 17.4 Å². The van der Waals surface area contributed by atoms with E-state index in [1.54, 1.807) is 24.4 Å². The number of aromatic amines is 1. The van der Waals surface area contributed by atoms with Gasteiger partial charge >= 0.3 is 0 Å². The minimum atomic E-state index is -0.0810. The number of carbonyl (C=O) groups excluding carboxylic acids is 1. The van der Waals surface area contributed by atoms with Crippen LogP contribution < -0.4 is 5.32 Å². The monoisotopic (exact) mass is 339 g/mol. The Labute approximate surface area is 144 Å². The number of hydrogen-bond donors (Lipinski definition) is 3. The molecule has 122 valence electrons. The molecule has 0 fully saturated rings. The van der Waals surface area contributed by atoms with Gasteiger partial charge < -0.3 is 15.4 Å². The van der Waals surface area contributed by atoms with E-state index in [0.717, 1.165) is 16.3 Å². The Kier molecular flexibility index (Phi) is 4.86. The van der Waals surface area contributed by atoms with Crippen molar-refractivity contribution >= 4 is 23.4 Å². The summed E-state index contributed by atoms with van der Waals surface area (Å²) in [7, 11) is 0. The first-order valence-corrected chi connectivity index (χ1v) is 8.43. The highest BCUT2D eigenvalue weighted by atomic mass is 32.2. The molecule has 0 saturated heterocycles. The molecule has 3 aromatic rings. The highest BCUT2D eigenvalue weighted by Gasteiger charge is 2.09. The van der Waals surface area contributed by atoms with E-state index < -0.39 is 0 Å². The number of H-pyrrole nitrogens is 1. The predicted molar refractivity (Wildman–Crippen MR) is 96.2 cm³/mol. The lowest BCUT2D eigenvalue weighted by Crippen LogP contribution is -2.13. The van der Waals surface area contributed by atoms with Crippen LogP contribution in [0.5, 0.6) is 5.75 Å². The van der Waals surface area contributed by atoms with Crippen LogP contribution in [0, 0.1) is 6.92 Å². The Morgan fingerprint density at radius 1 is 1.21 bits per heavy atom. The first kappa shape index (κ1) is 16.1. The lowest BCUT2D eigenvalue weighted by Gasteiger charge is -2.04. The smallest absolute Gasteiger partial charge is 0.234 e. The summed E-state index contributed by atoms with van der Waals surface area (Å²) in [6.07, 6.45) is 1.66. The molecule has 6 heteroatoms. The fourth-order valence-corrected chi connectivity index (χ4v) is 2.82. The largest absolute Gasteiger partial charge is 0.507 e. The average Bonchev–Trinajstić information content (AvgIpc) is 3.04. The van der Waals surface area contributed by atoms with Gasteiger partial charge in [-0.2, -0.15) is 0 Å². The summed E-state index contributed by atoms with van der Waals surface area (Å²) in [4.78, 5) is 19.4. The molecule has 0 aliphatic carbocycles. The molecule has 0 atom stereocenters. The van der Waals surface area contributed by atoms with Gasteiger partial charge in [0.2, 0.25) is 5.91 Å². The zero-order valence-electron chi connectivity index (χ0n) is 13.1. The number of nitrogens with zero attached hydrogens (tertiary/aromatic N) is 1. The first-order chi connectivity index (χ1) is 11.6. The SMILES string of the molecule is Cc1ccc(NC(=O)CSc2cnc(-c3ccccc3O)[nH]2)cc1. The van der Waals surface area contributed by atoms with Crippen LogP contribution in [0.4, 0.5) is 5.69 Å². The van der Waals surface area contributed by atoms with Crippen molar-refractivity contribution in [1.29, 1.82) is 0 Å². The van der Waals surface area contributed by atoms with Gasteiger partial charge in [-0.3, -0.25) is 4.79 Å². The maximum atomic E-state index is 12.0. The van der Waals surface area contributed by atoms with Gasteiger partial charge in [0.15, 0.2) is 0 Å². The number of amides is 1. The number of phenolic OH excluding ortho intramolecular Hbond substituents is 1. The number of rotatable bonds is 5. The highest BCUT2D eigenvalue weighted by molar-refractivity contribution is 7.99. The lowest BCUT2D eigenvalue weighted by atomic mass is 10.2. The van der Waals surface area contributed by atoms with E-state index >= 15 is 0 Å². The lowest BCUT2D eigenvalue weighted by molar-refractivity contribution is -0.113. The van der Waals surface area contributed by atoms with Gasteiger partial charge in [-0.25, -0.2) is 4.98 Å². The van der Waals surface area contributed by atoms with Gasteiger partial charge in [0.25, 0.3) is 0 Å². The quantitative estimate of drug-likeness (QED) is 0.618. The van der Waals surface area contributed by atoms with E-state index in [9.17, 15) is 9.90 Å². The van der Waals surface area contributed by atoms with Gasteiger partial charge in [-0.15, -0.1) is 0 Å². The highest BCUT2D eigenvalue weighted by Crippen LogP contribution is 2.28. The van der Waals surface area contributed by atoms with Gasteiger partial charge in [0, 0.05) is 5.69 Å². The Bertz CT molecular complexity index is 843. The summed E-state index contributed by atoms with van der Waals surface area (Å²) < 4.78 is 0. The van der Waals surface area contributed by atoms with Crippen LogP contribution in [0.25, 0.3) is 11.4 Å². The zero-order chi connectivity index (χ0) is 16.9. The molecule has 0 spiro atoms. The molecule has 0 radical (unpaired) electrons. The second kappa shape index (κ2) is 7.23. The van der Waals surface area contributed by atoms with Gasteiger partial charge in [-0.05, 0) is 31.2 Å². The Balaban J connectivity index is 1.58. The Morgan fingerprint density at radius 2 is 1.96 bits per heavy atom. The molecule has 0 aliphatic rings. The van der Waals surface area contributed by atoms with Crippen molar-refractivity contribution in [3.05, 3.63) is 60.3 Å². The standard InChI is InChI=1S/C18H17N3O2S/c1-12-6-8-13(9-7-12)20-16(23)11-24-17-10-19-18(21-17)14-4-2-3-5-15(14)22/h2-10,22H,11H2,1H3,(H,19,21)(H,20,23). The molecule has 1 aromatic heterocycles. The maximum Gasteiger partial charge on any atom is 0.234 e. The molecule has 2 aromatic carbocycles. The van der Waals surface area contributed by atoms with E-state index in [1.807, 2.05) is 37.3 Å². The van der Waals surface area contributed by atoms with Crippen LogP contribution in [0.2, 0.25) is 0 Å². The van der Waals surface area contributed by atoms with E-state index in [1.165, 1.54) is 11.8 Å². The van der Waals surface area contributed by atoms with Crippen molar-refractivity contribution in [1.82, 2.24) is 9.97 Å². The molecule has 0 unspecified atom stereocenters. The fraction of sp³-hybridized carbons (Fsp3) is 0.111. The number of benzene rings is 2. The molecule has 1 amide bonds. The van der Waals surface area contributed by atoms with Crippen molar-refractivity contribution < 1.29 is 9.90 Å². The van der Waals surface area contributed by atoms with Crippen LogP contribution in [0.1, 0.15) is 5.56 Å². The van der Waals surface area contributed by atoms with Crippen LogP contribution in [-0.4, -0.2) is 26.7 Å². The number of aromatic hydroxyl groups is 1. The molecule has 3 rings (SSSR count). The Hall–Kier alpha value is -2.73. The van der Waals surface area contributed by atoms with Gasteiger partial charge in [0.05, 0.1) is 22.5 Å². The summed E-state index contributed by atoms with van der Waals surface area (Å²) in [6.45, 7) is 2.00. The number of phenols is 1. The molecular weight excluding hydrogens is 322 g/mol. The fourth-order valence-electron chi connectivity index (χ4n) is 2.17. The van der Waals surface area contributed by atoms with Crippen molar-refractivity contribution in [2.75, 3.05) is 11.1 Å². The summed E-state index contributed by atoms with van der Waals surface area (Å²) in [5, 5.41) is 13.5. The van der Waals surface area contributed by atoms with E-state index in [0.29, 0.717) is 11.4 Å². The third-order valence-corrected chi connectivity index (χ3v) is 4.33. The summed E-state index contributed by atoms with van der Waals surface area (Å²) >= 11 is 1.36. The summed E-state index contributed by atoms with van der Waals surface area (Å²) in [5.74, 6) is 0.939. The molecule has 0 bridgehead atoms. The van der Waals surface area contributed by atoms with Crippen molar-refractivity contribution in [3.63, 3.8) is 0 Å². The Morgan fingerprint density at radius 3 is 2.71 bits per heavy atom. The van der Waals surface area contributed by atoms with E-state index in [4.69, 9.17) is 0 Å². The topological polar surface area (TPSA) is 78.0 Å². The third-order valence-electron chi connectivity index (χ3n) is 3.41. The van der Waals surface area contributed by atoms with Crippen LogP contribution in [-0.2, 0) is 4.79 Å². The predicted octanol–water partition coefficient (Wildman–Crippen LogP) is 3.82. The normalized spacial score (nSPS) is 10.5. The minimum Gasteiger partial charge on any atom is -0.507 e. The third kappa shape index (κ3) is 3.97. The number of anilines is 1. The van der Waals surface area contributed by atoms with Crippen molar-refractivity contribution in [2.45, 2.75) is 11.9 Å². The number of carbonyl (C=O) groups is 1. The molecule has 0 saturated carbocycles. The first-order valence-electron chi connectivity index (χ1n) is 7.44.